The summed E-state index contributed by atoms with van der Waals surface area (Å²) in [4.78, 5) is 12.5. The average Bonchev–Trinajstić information content (AvgIpc) is 3.26. The molecule has 5 aliphatic rings. The van der Waals surface area contributed by atoms with Gasteiger partial charge >= 0.3 is 5.97 Å². The highest BCUT2D eigenvalue weighted by molar-refractivity contribution is 5.70. The summed E-state index contributed by atoms with van der Waals surface area (Å²) in [7, 11) is 0. The number of aliphatic hydroxyl groups is 1. The van der Waals surface area contributed by atoms with Crippen LogP contribution in [0.25, 0.3) is 0 Å². The molecule has 2 heterocycles. The van der Waals surface area contributed by atoms with Crippen molar-refractivity contribution < 1.29 is 19.4 Å². The second-order valence-corrected chi connectivity index (χ2v) is 15.0. The molecule has 0 spiro atoms. The van der Waals surface area contributed by atoms with Crippen molar-refractivity contribution in [3.8, 4) is 0 Å². The van der Waals surface area contributed by atoms with Gasteiger partial charge < -0.3 is 14.6 Å². The fraction of sp³-hybridized carbons (Fsp3) is 0.967. The molecule has 1 N–H and O–H groups in total. The molecule has 4 nitrogen and oxygen atoms in total. The molecule has 9 atom stereocenters. The van der Waals surface area contributed by atoms with Crippen LogP contribution >= 0.6 is 0 Å². The van der Waals surface area contributed by atoms with Crippen molar-refractivity contribution >= 4 is 5.97 Å². The molecule has 4 heteroatoms. The minimum atomic E-state index is -0.776. The van der Waals surface area contributed by atoms with Gasteiger partial charge in [-0.15, -0.1) is 0 Å². The van der Waals surface area contributed by atoms with E-state index in [1.807, 2.05) is 13.8 Å². The van der Waals surface area contributed by atoms with E-state index in [4.69, 9.17) is 9.47 Å². The van der Waals surface area contributed by atoms with E-state index in [1.54, 1.807) is 0 Å². The molecule has 34 heavy (non-hydrogen) atoms. The summed E-state index contributed by atoms with van der Waals surface area (Å²) in [5, 5.41) is 10.6. The Bertz CT molecular complexity index is 843. The summed E-state index contributed by atoms with van der Waals surface area (Å²) in [6.45, 7) is 18.2. The topological polar surface area (TPSA) is 55.8 Å². The summed E-state index contributed by atoms with van der Waals surface area (Å²) in [6, 6.07) is 0. The zero-order chi connectivity index (χ0) is 24.9. The average molecular weight is 475 g/mol. The number of fused-ring (bicyclic) bond motifs is 5. The van der Waals surface area contributed by atoms with Gasteiger partial charge in [0, 0.05) is 12.3 Å². The van der Waals surface area contributed by atoms with Gasteiger partial charge in [-0.1, -0.05) is 20.8 Å². The van der Waals surface area contributed by atoms with Crippen LogP contribution in [0.5, 0.6) is 0 Å². The van der Waals surface area contributed by atoms with Crippen LogP contribution in [-0.4, -0.2) is 34.0 Å². The number of hydrogen-bond acceptors (Lipinski definition) is 4. The normalized spacial score (nSPS) is 52.9. The Morgan fingerprint density at radius 3 is 2.12 bits per heavy atom. The summed E-state index contributed by atoms with van der Waals surface area (Å²) in [5.74, 6) is 2.31. The fourth-order valence-corrected chi connectivity index (χ4v) is 10.8. The first-order valence-electron chi connectivity index (χ1n) is 14.2. The molecule has 5 rings (SSSR count). The van der Waals surface area contributed by atoms with Crippen molar-refractivity contribution in [2.75, 3.05) is 0 Å². The molecule has 0 aromatic rings. The SMILES string of the molecule is CC(C)(O)[C@@H]1CC[C@](C)([C@H]2CC[C@]3(C)[C@@H]2CC[C@@H]2[C@@]4(C)CCC(=O)OC(C)(C)[C@H]4CC[C@]23C)O1. The number of carbonyl (C=O) groups excluding carboxylic acids is 1. The lowest BCUT2D eigenvalue weighted by Gasteiger charge is -2.67. The lowest BCUT2D eigenvalue weighted by molar-refractivity contribution is -0.210. The van der Waals surface area contributed by atoms with Gasteiger partial charge in [0.05, 0.1) is 17.3 Å². The Morgan fingerprint density at radius 2 is 1.47 bits per heavy atom. The Balaban J connectivity index is 1.45. The van der Waals surface area contributed by atoms with E-state index >= 15 is 0 Å². The minimum absolute atomic E-state index is 0.00387. The van der Waals surface area contributed by atoms with Crippen molar-refractivity contribution in [2.24, 2.45) is 39.9 Å². The molecule has 2 saturated heterocycles. The molecular formula is C30H50O4. The molecule has 5 fully saturated rings. The predicted molar refractivity (Wildman–Crippen MR) is 134 cm³/mol. The predicted octanol–water partition coefficient (Wildman–Crippen LogP) is 6.68. The highest BCUT2D eigenvalue weighted by Gasteiger charge is 2.69. The van der Waals surface area contributed by atoms with Crippen LogP contribution in [0.3, 0.4) is 0 Å². The van der Waals surface area contributed by atoms with Crippen LogP contribution in [0.15, 0.2) is 0 Å². The zero-order valence-electron chi connectivity index (χ0n) is 23.1. The molecule has 3 saturated carbocycles. The molecule has 0 aromatic heterocycles. The van der Waals surface area contributed by atoms with E-state index in [1.165, 1.54) is 32.1 Å². The number of esters is 1. The van der Waals surface area contributed by atoms with E-state index in [0.29, 0.717) is 35.5 Å². The first kappa shape index (κ1) is 25.1. The molecule has 194 valence electrons. The standard InChI is InChI=1S/C30H50O4/c1-25(2,32)23-13-18-30(8,33-23)20-11-16-28(6)19(20)9-10-22-27(5)15-14-24(31)34-26(3,4)21(27)12-17-29(22,28)7/h19-23,32H,9-18H2,1-8H3/t19-,20+,21-,22-,23+,27+,28-,29-,30-/m1/s1. The maximum atomic E-state index is 12.5. The van der Waals surface area contributed by atoms with Gasteiger partial charge in [0.2, 0.25) is 0 Å². The number of ether oxygens (including phenoxy) is 2. The third kappa shape index (κ3) is 3.32. The summed E-state index contributed by atoms with van der Waals surface area (Å²) in [6.07, 6.45) is 10.9. The number of hydrogen-bond donors (Lipinski definition) is 1. The zero-order valence-corrected chi connectivity index (χ0v) is 23.1. The van der Waals surface area contributed by atoms with Gasteiger partial charge in [0.1, 0.15) is 5.60 Å². The van der Waals surface area contributed by atoms with Gasteiger partial charge in [-0.25, -0.2) is 0 Å². The van der Waals surface area contributed by atoms with E-state index in [-0.39, 0.29) is 34.1 Å². The van der Waals surface area contributed by atoms with Crippen LogP contribution in [0.2, 0.25) is 0 Å². The van der Waals surface area contributed by atoms with Gasteiger partial charge in [0.25, 0.3) is 0 Å². The van der Waals surface area contributed by atoms with E-state index in [2.05, 4.69) is 41.5 Å². The van der Waals surface area contributed by atoms with E-state index in [9.17, 15) is 9.90 Å². The number of rotatable bonds is 2. The molecule has 0 amide bonds. The Labute approximate surface area is 207 Å². The summed E-state index contributed by atoms with van der Waals surface area (Å²) >= 11 is 0. The maximum Gasteiger partial charge on any atom is 0.306 e. The first-order chi connectivity index (χ1) is 15.6. The van der Waals surface area contributed by atoms with Crippen LogP contribution in [0.1, 0.15) is 120 Å². The largest absolute Gasteiger partial charge is 0.459 e. The Hall–Kier alpha value is -0.610. The molecule has 0 radical (unpaired) electrons. The van der Waals surface area contributed by atoms with E-state index < -0.39 is 5.60 Å². The highest BCUT2D eigenvalue weighted by Crippen LogP contribution is 2.75. The molecule has 0 aromatic carbocycles. The van der Waals surface area contributed by atoms with Crippen molar-refractivity contribution in [1.82, 2.24) is 0 Å². The second kappa shape index (κ2) is 7.46. The third-order valence-corrected chi connectivity index (χ3v) is 12.6. The van der Waals surface area contributed by atoms with E-state index in [0.717, 1.165) is 25.7 Å². The molecule has 3 aliphatic carbocycles. The van der Waals surface area contributed by atoms with Gasteiger partial charge in [-0.2, -0.15) is 0 Å². The van der Waals surface area contributed by atoms with Crippen LogP contribution in [0.4, 0.5) is 0 Å². The molecule has 0 bridgehead atoms. The number of cyclic esters (lactones) is 1. The van der Waals surface area contributed by atoms with Crippen LogP contribution in [0, 0.1) is 39.9 Å². The third-order valence-electron chi connectivity index (χ3n) is 12.6. The Kier molecular flexibility index (Phi) is 5.50. The lowest BCUT2D eigenvalue weighted by atomic mass is 9.37. The molecule has 0 unspecified atom stereocenters. The quantitative estimate of drug-likeness (QED) is 0.454. The maximum absolute atomic E-state index is 12.5. The Morgan fingerprint density at radius 1 is 0.794 bits per heavy atom. The molecular weight excluding hydrogens is 424 g/mol. The molecule has 2 aliphatic heterocycles. The second-order valence-electron chi connectivity index (χ2n) is 15.0. The lowest BCUT2D eigenvalue weighted by Crippen LogP contribution is -2.62. The minimum Gasteiger partial charge on any atom is -0.459 e. The van der Waals surface area contributed by atoms with Gasteiger partial charge in [-0.3, -0.25) is 4.79 Å². The van der Waals surface area contributed by atoms with Crippen molar-refractivity contribution in [1.29, 1.82) is 0 Å². The van der Waals surface area contributed by atoms with Crippen molar-refractivity contribution in [3.05, 3.63) is 0 Å². The monoisotopic (exact) mass is 474 g/mol. The summed E-state index contributed by atoms with van der Waals surface area (Å²) in [5.41, 5.74) is -0.547. The van der Waals surface area contributed by atoms with Crippen molar-refractivity contribution in [3.63, 3.8) is 0 Å². The van der Waals surface area contributed by atoms with Crippen molar-refractivity contribution in [2.45, 2.75) is 143 Å². The first-order valence-corrected chi connectivity index (χ1v) is 14.2. The fourth-order valence-electron chi connectivity index (χ4n) is 10.8. The van der Waals surface area contributed by atoms with Gasteiger partial charge in [0.15, 0.2) is 0 Å². The highest BCUT2D eigenvalue weighted by atomic mass is 16.6. The summed E-state index contributed by atoms with van der Waals surface area (Å²) < 4.78 is 12.7. The van der Waals surface area contributed by atoms with Crippen LogP contribution in [-0.2, 0) is 14.3 Å². The van der Waals surface area contributed by atoms with Crippen LogP contribution < -0.4 is 0 Å². The van der Waals surface area contributed by atoms with Gasteiger partial charge in [-0.05, 0) is 126 Å². The smallest absolute Gasteiger partial charge is 0.306 e. The number of carbonyl (C=O) groups is 1.